The Labute approximate surface area is 234 Å². The highest BCUT2D eigenvalue weighted by Crippen LogP contribution is 2.34. The van der Waals surface area contributed by atoms with Crippen molar-refractivity contribution in [2.45, 2.75) is 65.3 Å². The molecule has 0 amide bonds. The molecular weight excluding hydrogens is 500 g/mol. The van der Waals surface area contributed by atoms with Gasteiger partial charge in [-0.25, -0.2) is 4.68 Å². The molecule has 0 saturated heterocycles. The number of tetrazole rings is 1. The maximum absolute atomic E-state index is 6.31. The zero-order valence-corrected chi connectivity index (χ0v) is 23.6. The summed E-state index contributed by atoms with van der Waals surface area (Å²) in [5.74, 6) is 0.734. The second-order valence-electron chi connectivity index (χ2n) is 10.9. The highest BCUT2D eigenvalue weighted by molar-refractivity contribution is 5.79. The van der Waals surface area contributed by atoms with Crippen LogP contribution in [0.25, 0.3) is 11.0 Å². The van der Waals surface area contributed by atoms with Crippen LogP contribution in [-0.4, -0.2) is 53.2 Å². The van der Waals surface area contributed by atoms with Gasteiger partial charge in [0, 0.05) is 39.0 Å². The van der Waals surface area contributed by atoms with Crippen molar-refractivity contribution in [1.29, 1.82) is 0 Å². The second-order valence-corrected chi connectivity index (χ2v) is 10.9. The van der Waals surface area contributed by atoms with Gasteiger partial charge in [-0.05, 0) is 65.3 Å². The van der Waals surface area contributed by atoms with E-state index in [9.17, 15) is 0 Å². The predicted molar refractivity (Wildman–Crippen MR) is 154 cm³/mol. The van der Waals surface area contributed by atoms with Crippen LogP contribution in [0.2, 0.25) is 0 Å². The number of aromatic amines is 1. The molecule has 5 aromatic rings. The minimum atomic E-state index is 0.0446. The molecule has 9 heteroatoms. The molecule has 0 spiro atoms. The number of aryl methyl sites for hydroxylation is 3. The summed E-state index contributed by atoms with van der Waals surface area (Å²) in [6, 6.07) is 19.8. The molecule has 3 heterocycles. The summed E-state index contributed by atoms with van der Waals surface area (Å²) in [6.45, 7) is 9.90. The lowest BCUT2D eigenvalue weighted by molar-refractivity contribution is 0.00234. The fraction of sp³-hybridized carbons (Fsp3) is 0.387. The Balaban J connectivity index is 1.37. The van der Waals surface area contributed by atoms with E-state index in [0.29, 0.717) is 18.9 Å². The highest BCUT2D eigenvalue weighted by atomic mass is 16.5. The van der Waals surface area contributed by atoms with Crippen molar-refractivity contribution in [2.24, 2.45) is 7.05 Å². The van der Waals surface area contributed by atoms with Crippen LogP contribution in [0.5, 0.6) is 0 Å². The van der Waals surface area contributed by atoms with Gasteiger partial charge in [0.1, 0.15) is 5.52 Å². The van der Waals surface area contributed by atoms with Crippen LogP contribution >= 0.6 is 0 Å². The Bertz CT molecular complexity index is 1610. The first-order chi connectivity index (χ1) is 19.5. The molecule has 6 rings (SSSR count). The fourth-order valence-corrected chi connectivity index (χ4v) is 5.88. The fourth-order valence-electron chi connectivity index (χ4n) is 5.88. The molecule has 206 valence electrons. The van der Waals surface area contributed by atoms with Crippen molar-refractivity contribution in [2.75, 3.05) is 6.54 Å². The minimum absolute atomic E-state index is 0.0446. The van der Waals surface area contributed by atoms with Crippen LogP contribution in [0.3, 0.4) is 0 Å². The van der Waals surface area contributed by atoms with Crippen molar-refractivity contribution >= 4 is 11.0 Å². The molecule has 0 saturated carbocycles. The third kappa shape index (κ3) is 5.26. The van der Waals surface area contributed by atoms with Crippen molar-refractivity contribution < 1.29 is 4.74 Å². The summed E-state index contributed by atoms with van der Waals surface area (Å²) in [5, 5.41) is 23.7. The number of hydrogen-bond acceptors (Lipinski definition) is 7. The molecule has 0 radical (unpaired) electrons. The second kappa shape index (κ2) is 11.3. The van der Waals surface area contributed by atoms with Gasteiger partial charge in [-0.2, -0.15) is 5.21 Å². The number of nitrogens with one attached hydrogen (secondary N) is 1. The van der Waals surface area contributed by atoms with E-state index >= 15 is 0 Å². The Kier molecular flexibility index (Phi) is 7.40. The van der Waals surface area contributed by atoms with Crippen molar-refractivity contribution in [1.82, 2.24) is 40.5 Å². The number of aromatic nitrogens is 7. The molecule has 40 heavy (non-hydrogen) atoms. The standard InChI is InChI=1S/C31H36N8O/c1-5-26-18-39(16-23-8-6-7-9-24(23)19-40-26)17-25-14-22(11-10-20(25)2)28(15-30-32-35-36-33-30)27-12-13-29-31(21(27)3)34-37-38(29)4/h6-14,26,28H,5,15-19H2,1-4H3,(H,32,33,35,36). The van der Waals surface area contributed by atoms with E-state index in [4.69, 9.17) is 4.74 Å². The quantitative estimate of drug-likeness (QED) is 0.320. The first-order valence-corrected chi connectivity index (χ1v) is 14.0. The van der Waals surface area contributed by atoms with Crippen LogP contribution < -0.4 is 0 Å². The number of nitrogens with zero attached hydrogens (tertiary/aromatic N) is 7. The van der Waals surface area contributed by atoms with Crippen molar-refractivity contribution in [3.8, 4) is 0 Å². The first-order valence-electron chi connectivity index (χ1n) is 14.0. The van der Waals surface area contributed by atoms with E-state index in [1.165, 1.54) is 33.4 Å². The maximum atomic E-state index is 6.31. The molecule has 3 aromatic carbocycles. The smallest absolute Gasteiger partial charge is 0.175 e. The van der Waals surface area contributed by atoms with Gasteiger partial charge in [-0.3, -0.25) is 4.90 Å². The SMILES string of the molecule is CCC1CN(Cc2cc(C(Cc3nn[nH]n3)c3ccc4c(nnn4C)c3C)ccc2C)Cc2ccccc2CO1. The molecule has 2 atom stereocenters. The number of hydrogen-bond donors (Lipinski definition) is 1. The largest absolute Gasteiger partial charge is 0.372 e. The van der Waals surface area contributed by atoms with Gasteiger partial charge < -0.3 is 4.74 Å². The van der Waals surface area contributed by atoms with Crippen molar-refractivity contribution in [3.63, 3.8) is 0 Å². The normalized spacial score (nSPS) is 16.9. The van der Waals surface area contributed by atoms with E-state index < -0.39 is 0 Å². The Hall–Kier alpha value is -3.95. The summed E-state index contributed by atoms with van der Waals surface area (Å²) in [6.07, 6.45) is 1.84. The Morgan fingerprint density at radius 1 is 1.05 bits per heavy atom. The average molecular weight is 537 g/mol. The molecule has 0 bridgehead atoms. The zero-order chi connectivity index (χ0) is 27.6. The van der Waals surface area contributed by atoms with Gasteiger partial charge in [-0.15, -0.1) is 15.3 Å². The summed E-state index contributed by atoms with van der Waals surface area (Å²) in [5.41, 5.74) is 10.7. The molecule has 1 N–H and O–H groups in total. The average Bonchev–Trinajstić information content (AvgIpc) is 3.61. The van der Waals surface area contributed by atoms with Crippen LogP contribution in [0.1, 0.15) is 64.0 Å². The summed E-state index contributed by atoms with van der Waals surface area (Å²) in [7, 11) is 1.93. The predicted octanol–water partition coefficient (Wildman–Crippen LogP) is 4.78. The van der Waals surface area contributed by atoms with E-state index in [1.807, 2.05) is 11.7 Å². The molecular formula is C31H36N8O. The molecule has 1 aliphatic rings. The lowest BCUT2D eigenvalue weighted by Crippen LogP contribution is -2.35. The Morgan fingerprint density at radius 2 is 1.90 bits per heavy atom. The minimum Gasteiger partial charge on any atom is -0.372 e. The number of ether oxygens (including phenoxy) is 1. The molecule has 2 unspecified atom stereocenters. The molecule has 0 aliphatic carbocycles. The Morgan fingerprint density at radius 3 is 2.70 bits per heavy atom. The lowest BCUT2D eigenvalue weighted by atomic mass is 9.84. The zero-order valence-electron chi connectivity index (χ0n) is 23.6. The van der Waals surface area contributed by atoms with E-state index in [2.05, 4.69) is 111 Å². The van der Waals surface area contributed by atoms with Crippen molar-refractivity contribution in [3.05, 3.63) is 99.4 Å². The molecule has 0 fully saturated rings. The topological polar surface area (TPSA) is 97.6 Å². The van der Waals surface area contributed by atoms with Gasteiger partial charge in [0.05, 0.1) is 18.2 Å². The lowest BCUT2D eigenvalue weighted by Gasteiger charge is -2.31. The molecule has 1 aliphatic heterocycles. The number of fused-ring (bicyclic) bond motifs is 2. The number of benzene rings is 3. The first kappa shape index (κ1) is 26.3. The third-order valence-electron chi connectivity index (χ3n) is 8.30. The summed E-state index contributed by atoms with van der Waals surface area (Å²) >= 11 is 0. The highest BCUT2D eigenvalue weighted by Gasteiger charge is 2.24. The molecule has 2 aromatic heterocycles. The summed E-state index contributed by atoms with van der Waals surface area (Å²) < 4.78 is 8.13. The monoisotopic (exact) mass is 536 g/mol. The van der Waals surface area contributed by atoms with Crippen LogP contribution in [0.4, 0.5) is 0 Å². The van der Waals surface area contributed by atoms with Crippen LogP contribution in [-0.2, 0) is 37.9 Å². The van der Waals surface area contributed by atoms with Gasteiger partial charge >= 0.3 is 0 Å². The van der Waals surface area contributed by atoms with Gasteiger partial charge in [0.15, 0.2) is 5.82 Å². The van der Waals surface area contributed by atoms with Gasteiger partial charge in [-0.1, -0.05) is 65.9 Å². The maximum Gasteiger partial charge on any atom is 0.175 e. The molecule has 9 nitrogen and oxygen atoms in total. The van der Waals surface area contributed by atoms with Gasteiger partial charge in [0.25, 0.3) is 0 Å². The van der Waals surface area contributed by atoms with E-state index in [0.717, 1.165) is 42.7 Å². The van der Waals surface area contributed by atoms with E-state index in [1.54, 1.807) is 0 Å². The van der Waals surface area contributed by atoms with E-state index in [-0.39, 0.29) is 12.0 Å². The summed E-state index contributed by atoms with van der Waals surface area (Å²) in [4.78, 5) is 2.53. The number of rotatable bonds is 7. The third-order valence-corrected chi connectivity index (χ3v) is 8.30. The van der Waals surface area contributed by atoms with Gasteiger partial charge in [0.2, 0.25) is 0 Å². The van der Waals surface area contributed by atoms with Crippen LogP contribution in [0.15, 0.2) is 54.6 Å². The van der Waals surface area contributed by atoms with Crippen LogP contribution in [0, 0.1) is 13.8 Å². The number of H-pyrrole nitrogens is 1.